The van der Waals surface area contributed by atoms with Gasteiger partial charge < -0.3 is 15.2 Å². The van der Waals surface area contributed by atoms with Crippen LogP contribution in [0.2, 0.25) is 0 Å². The molecule has 1 fully saturated rings. The molecule has 0 saturated carbocycles. The summed E-state index contributed by atoms with van der Waals surface area (Å²) in [5, 5.41) is 4.37. The van der Waals surface area contributed by atoms with Crippen molar-refractivity contribution in [2.45, 2.75) is 0 Å². The number of nitrogens with zero attached hydrogens (tertiary/aromatic N) is 2. The fourth-order valence-corrected chi connectivity index (χ4v) is 3.87. The Balaban J connectivity index is 1.45. The third kappa shape index (κ3) is 3.41. The van der Waals surface area contributed by atoms with Gasteiger partial charge in [-0.2, -0.15) is 0 Å². The molecule has 2 aromatic carbocycles. The lowest BCUT2D eigenvalue weighted by Gasteiger charge is -2.27. The average Bonchev–Trinajstić information content (AvgIpc) is 3.23. The van der Waals surface area contributed by atoms with Gasteiger partial charge in [-0.25, -0.2) is 4.98 Å². The standard InChI is InChI=1S/C24H22N4O/c29-24(28-12-10-25-11-13-28)19-8-6-17(7-9-19)20-14-21-22(16-27-23(21)26-15-20)18-4-2-1-3-5-18/h1-9,14-16,25H,10-13H2,(H,26,27). The molecule has 0 bridgehead atoms. The maximum absolute atomic E-state index is 12.7. The van der Waals surface area contributed by atoms with Crippen LogP contribution in [0.15, 0.2) is 73.1 Å². The Labute approximate surface area is 169 Å². The van der Waals surface area contributed by atoms with Crippen molar-refractivity contribution in [3.8, 4) is 22.3 Å². The molecule has 0 aliphatic carbocycles. The van der Waals surface area contributed by atoms with E-state index in [2.05, 4.69) is 33.5 Å². The number of aromatic amines is 1. The summed E-state index contributed by atoms with van der Waals surface area (Å²) >= 11 is 0. The van der Waals surface area contributed by atoms with Crippen LogP contribution in [0.5, 0.6) is 0 Å². The zero-order chi connectivity index (χ0) is 19.6. The molecule has 1 aliphatic rings. The third-order valence-electron chi connectivity index (χ3n) is 5.49. The number of carbonyl (C=O) groups excluding carboxylic acids is 1. The predicted octanol–water partition coefficient (Wildman–Crippen LogP) is 3.94. The molecule has 29 heavy (non-hydrogen) atoms. The van der Waals surface area contributed by atoms with Crippen LogP contribution in [0.1, 0.15) is 10.4 Å². The van der Waals surface area contributed by atoms with Crippen LogP contribution < -0.4 is 5.32 Å². The molecule has 5 heteroatoms. The number of piperazine rings is 1. The van der Waals surface area contributed by atoms with Crippen LogP contribution in [-0.2, 0) is 0 Å². The first-order valence-electron chi connectivity index (χ1n) is 9.92. The van der Waals surface area contributed by atoms with Crippen molar-refractivity contribution in [1.29, 1.82) is 0 Å². The number of amides is 1. The van der Waals surface area contributed by atoms with Crippen LogP contribution in [0.3, 0.4) is 0 Å². The van der Waals surface area contributed by atoms with Crippen LogP contribution in [0.4, 0.5) is 0 Å². The summed E-state index contributed by atoms with van der Waals surface area (Å²) < 4.78 is 0. The van der Waals surface area contributed by atoms with Gasteiger partial charge in [-0.3, -0.25) is 4.79 Å². The molecular formula is C24H22N4O. The zero-order valence-electron chi connectivity index (χ0n) is 16.1. The molecule has 0 radical (unpaired) electrons. The maximum atomic E-state index is 12.7. The molecule has 0 unspecified atom stereocenters. The van der Waals surface area contributed by atoms with Gasteiger partial charge in [0.1, 0.15) is 5.65 Å². The van der Waals surface area contributed by atoms with Crippen molar-refractivity contribution < 1.29 is 4.79 Å². The summed E-state index contributed by atoms with van der Waals surface area (Å²) in [5.74, 6) is 0.101. The van der Waals surface area contributed by atoms with E-state index < -0.39 is 0 Å². The number of rotatable bonds is 3. The number of benzene rings is 2. The van der Waals surface area contributed by atoms with E-state index in [9.17, 15) is 4.79 Å². The summed E-state index contributed by atoms with van der Waals surface area (Å²) in [4.78, 5) is 22.4. The normalized spacial score (nSPS) is 14.3. The minimum absolute atomic E-state index is 0.101. The molecule has 144 valence electrons. The van der Waals surface area contributed by atoms with E-state index in [4.69, 9.17) is 0 Å². The second-order valence-electron chi connectivity index (χ2n) is 7.31. The molecule has 1 aliphatic heterocycles. The van der Waals surface area contributed by atoms with Gasteiger partial charge in [0.15, 0.2) is 0 Å². The summed E-state index contributed by atoms with van der Waals surface area (Å²) in [5.41, 5.74) is 6.00. The predicted molar refractivity (Wildman–Crippen MR) is 116 cm³/mol. The van der Waals surface area contributed by atoms with Crippen molar-refractivity contribution in [3.05, 3.63) is 78.6 Å². The minimum atomic E-state index is 0.101. The van der Waals surface area contributed by atoms with Crippen LogP contribution >= 0.6 is 0 Å². The van der Waals surface area contributed by atoms with Crippen LogP contribution in [0, 0.1) is 0 Å². The Morgan fingerprint density at radius 2 is 1.66 bits per heavy atom. The number of pyridine rings is 1. The molecule has 0 spiro atoms. The highest BCUT2D eigenvalue weighted by Crippen LogP contribution is 2.31. The average molecular weight is 382 g/mol. The van der Waals surface area contributed by atoms with Crippen molar-refractivity contribution in [3.63, 3.8) is 0 Å². The molecule has 4 aromatic rings. The lowest BCUT2D eigenvalue weighted by Crippen LogP contribution is -2.46. The Kier molecular flexibility index (Phi) is 4.58. The van der Waals surface area contributed by atoms with E-state index >= 15 is 0 Å². The van der Waals surface area contributed by atoms with Crippen LogP contribution in [-0.4, -0.2) is 47.0 Å². The van der Waals surface area contributed by atoms with Gasteiger partial charge in [0, 0.05) is 60.6 Å². The van der Waals surface area contributed by atoms with Crippen molar-refractivity contribution in [1.82, 2.24) is 20.2 Å². The summed E-state index contributed by atoms with van der Waals surface area (Å²) in [6, 6.07) is 20.3. The highest BCUT2D eigenvalue weighted by molar-refractivity contribution is 5.97. The van der Waals surface area contributed by atoms with E-state index in [1.165, 1.54) is 0 Å². The number of hydrogen-bond donors (Lipinski definition) is 2. The highest BCUT2D eigenvalue weighted by Gasteiger charge is 2.18. The third-order valence-corrected chi connectivity index (χ3v) is 5.49. The summed E-state index contributed by atoms with van der Waals surface area (Å²) in [6.45, 7) is 3.24. The van der Waals surface area contributed by atoms with E-state index in [-0.39, 0.29) is 5.91 Å². The number of nitrogens with one attached hydrogen (secondary N) is 2. The van der Waals surface area contributed by atoms with Gasteiger partial charge in [-0.15, -0.1) is 0 Å². The molecule has 5 nitrogen and oxygen atoms in total. The topological polar surface area (TPSA) is 61.0 Å². The van der Waals surface area contributed by atoms with Gasteiger partial charge >= 0.3 is 0 Å². The van der Waals surface area contributed by atoms with Crippen molar-refractivity contribution in [2.75, 3.05) is 26.2 Å². The van der Waals surface area contributed by atoms with Gasteiger partial charge in [-0.05, 0) is 29.3 Å². The Morgan fingerprint density at radius 3 is 2.41 bits per heavy atom. The smallest absolute Gasteiger partial charge is 0.253 e. The summed E-state index contributed by atoms with van der Waals surface area (Å²) in [7, 11) is 0. The zero-order valence-corrected chi connectivity index (χ0v) is 16.1. The van der Waals surface area contributed by atoms with Gasteiger partial charge in [0.2, 0.25) is 0 Å². The van der Waals surface area contributed by atoms with E-state index in [0.29, 0.717) is 0 Å². The summed E-state index contributed by atoms with van der Waals surface area (Å²) in [6.07, 6.45) is 3.88. The number of carbonyl (C=O) groups is 1. The first kappa shape index (κ1) is 17.6. The van der Waals surface area contributed by atoms with Gasteiger partial charge in [-0.1, -0.05) is 42.5 Å². The Bertz CT molecular complexity index is 1140. The largest absolute Gasteiger partial charge is 0.346 e. The van der Waals surface area contributed by atoms with E-state index in [1.54, 1.807) is 0 Å². The highest BCUT2D eigenvalue weighted by atomic mass is 16.2. The van der Waals surface area contributed by atoms with Crippen molar-refractivity contribution in [2.24, 2.45) is 0 Å². The Morgan fingerprint density at radius 1 is 0.897 bits per heavy atom. The SMILES string of the molecule is O=C(c1ccc(-c2cnc3[nH]cc(-c4ccccc4)c3c2)cc1)N1CCNCC1. The van der Waals surface area contributed by atoms with Gasteiger partial charge in [0.05, 0.1) is 0 Å². The fourth-order valence-electron chi connectivity index (χ4n) is 3.87. The molecular weight excluding hydrogens is 360 g/mol. The van der Waals surface area contributed by atoms with E-state index in [1.807, 2.05) is 59.8 Å². The quantitative estimate of drug-likeness (QED) is 0.564. The number of hydrogen-bond acceptors (Lipinski definition) is 3. The minimum Gasteiger partial charge on any atom is -0.346 e. The van der Waals surface area contributed by atoms with E-state index in [0.717, 1.165) is 65.0 Å². The molecule has 2 aromatic heterocycles. The lowest BCUT2D eigenvalue weighted by atomic mass is 10.0. The lowest BCUT2D eigenvalue weighted by molar-refractivity contribution is 0.0736. The molecule has 1 saturated heterocycles. The first-order chi connectivity index (χ1) is 14.3. The molecule has 2 N–H and O–H groups in total. The Hall–Kier alpha value is -3.44. The molecule has 0 atom stereocenters. The fraction of sp³-hybridized carbons (Fsp3) is 0.167. The second-order valence-corrected chi connectivity index (χ2v) is 7.31. The molecule has 3 heterocycles. The maximum Gasteiger partial charge on any atom is 0.253 e. The van der Waals surface area contributed by atoms with Crippen LogP contribution in [0.25, 0.3) is 33.3 Å². The van der Waals surface area contributed by atoms with Crippen molar-refractivity contribution >= 4 is 16.9 Å². The number of aromatic nitrogens is 2. The molecule has 5 rings (SSSR count). The second kappa shape index (κ2) is 7.53. The first-order valence-corrected chi connectivity index (χ1v) is 9.92. The number of fused-ring (bicyclic) bond motifs is 1. The monoisotopic (exact) mass is 382 g/mol. The number of H-pyrrole nitrogens is 1. The van der Waals surface area contributed by atoms with Gasteiger partial charge in [0.25, 0.3) is 5.91 Å². The molecule has 1 amide bonds.